The van der Waals surface area contributed by atoms with Crippen LogP contribution in [0.25, 0.3) is 10.8 Å². The van der Waals surface area contributed by atoms with Gasteiger partial charge in [-0.15, -0.1) is 0 Å². The van der Waals surface area contributed by atoms with E-state index in [-0.39, 0.29) is 13.6 Å². The third-order valence-electron chi connectivity index (χ3n) is 2.91. The number of nitrogens with zero attached hydrogens (tertiary/aromatic N) is 1. The Bertz CT molecular complexity index is 716. The third-order valence-corrected chi connectivity index (χ3v) is 2.91. The molecule has 0 N–H and O–H groups in total. The Kier molecular flexibility index (Phi) is 5.59. The van der Waals surface area contributed by atoms with Gasteiger partial charge in [-0.25, -0.2) is 4.98 Å². The summed E-state index contributed by atoms with van der Waals surface area (Å²) in [6, 6.07) is 5.68. The summed E-state index contributed by atoms with van der Waals surface area (Å²) < 4.78 is 21.1. The highest BCUT2D eigenvalue weighted by atomic mass is 16.7. The first-order chi connectivity index (χ1) is 10.7. The molecule has 2 rings (SSSR count). The minimum Gasteiger partial charge on any atom is -0.467 e. The molecule has 2 aromatic rings. The molecule has 5 heteroatoms. The van der Waals surface area contributed by atoms with E-state index in [9.17, 15) is 0 Å². The van der Waals surface area contributed by atoms with Crippen LogP contribution < -0.4 is 9.47 Å². The SMILES string of the molecule is CC#Cc1nc(C)cc2cc(OCOC)cc(OCOC)c12. The fourth-order valence-corrected chi connectivity index (χ4v) is 2.12. The van der Waals surface area contributed by atoms with Crippen molar-refractivity contribution in [3.05, 3.63) is 29.6 Å². The van der Waals surface area contributed by atoms with Gasteiger partial charge in [-0.2, -0.15) is 0 Å². The second-order valence-electron chi connectivity index (χ2n) is 4.61. The van der Waals surface area contributed by atoms with Crippen molar-refractivity contribution in [2.24, 2.45) is 0 Å². The number of rotatable bonds is 6. The van der Waals surface area contributed by atoms with Crippen molar-refractivity contribution in [1.29, 1.82) is 0 Å². The van der Waals surface area contributed by atoms with Gasteiger partial charge in [-0.3, -0.25) is 0 Å². The first-order valence-electron chi connectivity index (χ1n) is 6.81. The lowest BCUT2D eigenvalue weighted by Gasteiger charge is -2.13. The van der Waals surface area contributed by atoms with E-state index in [1.54, 1.807) is 27.2 Å². The van der Waals surface area contributed by atoms with E-state index in [0.29, 0.717) is 17.2 Å². The van der Waals surface area contributed by atoms with Crippen LogP contribution in [0, 0.1) is 18.8 Å². The molecule has 0 saturated carbocycles. The number of benzene rings is 1. The standard InChI is InChI=1S/C17H19NO4/c1-5-6-15-17-13(7-12(2)18-15)8-14(21-10-19-3)9-16(17)22-11-20-4/h7-9H,10-11H2,1-4H3. The Morgan fingerprint density at radius 1 is 1.05 bits per heavy atom. The molecule has 0 amide bonds. The maximum atomic E-state index is 5.67. The van der Waals surface area contributed by atoms with Gasteiger partial charge in [0.15, 0.2) is 13.6 Å². The maximum absolute atomic E-state index is 5.67. The van der Waals surface area contributed by atoms with Gasteiger partial charge < -0.3 is 18.9 Å². The molecule has 0 bridgehead atoms. The molecule has 0 atom stereocenters. The highest BCUT2D eigenvalue weighted by Gasteiger charge is 2.12. The fourth-order valence-electron chi connectivity index (χ4n) is 2.12. The van der Waals surface area contributed by atoms with E-state index >= 15 is 0 Å². The van der Waals surface area contributed by atoms with Crippen molar-refractivity contribution in [3.63, 3.8) is 0 Å². The maximum Gasteiger partial charge on any atom is 0.188 e. The van der Waals surface area contributed by atoms with E-state index in [1.807, 2.05) is 19.1 Å². The molecule has 0 aliphatic rings. The predicted octanol–water partition coefficient (Wildman–Crippen LogP) is 2.88. The molecule has 1 heterocycles. The average Bonchev–Trinajstić information content (AvgIpc) is 2.50. The zero-order valence-corrected chi connectivity index (χ0v) is 13.2. The molecule has 1 aromatic carbocycles. The van der Waals surface area contributed by atoms with Crippen LogP contribution in [0.1, 0.15) is 18.3 Å². The number of methoxy groups -OCH3 is 2. The Balaban J connectivity index is 2.63. The Morgan fingerprint density at radius 3 is 2.45 bits per heavy atom. The normalized spacial score (nSPS) is 10.2. The van der Waals surface area contributed by atoms with Crippen molar-refractivity contribution in [1.82, 2.24) is 4.98 Å². The van der Waals surface area contributed by atoms with Crippen LogP contribution in [0.5, 0.6) is 11.5 Å². The number of fused-ring (bicyclic) bond motifs is 1. The summed E-state index contributed by atoms with van der Waals surface area (Å²) >= 11 is 0. The number of hydrogen-bond donors (Lipinski definition) is 0. The van der Waals surface area contributed by atoms with Crippen molar-refractivity contribution in [3.8, 4) is 23.3 Å². The second-order valence-corrected chi connectivity index (χ2v) is 4.61. The van der Waals surface area contributed by atoms with Gasteiger partial charge in [0.2, 0.25) is 0 Å². The van der Waals surface area contributed by atoms with E-state index < -0.39 is 0 Å². The van der Waals surface area contributed by atoms with Crippen LogP contribution in [-0.2, 0) is 9.47 Å². The van der Waals surface area contributed by atoms with Gasteiger partial charge in [0, 0.05) is 26.0 Å². The van der Waals surface area contributed by atoms with E-state index in [4.69, 9.17) is 18.9 Å². The molecular weight excluding hydrogens is 282 g/mol. The van der Waals surface area contributed by atoms with Crippen molar-refractivity contribution < 1.29 is 18.9 Å². The molecule has 0 fully saturated rings. The molecule has 0 saturated heterocycles. The number of pyridine rings is 1. The van der Waals surface area contributed by atoms with Gasteiger partial charge in [0.1, 0.15) is 17.2 Å². The second kappa shape index (κ2) is 7.64. The van der Waals surface area contributed by atoms with Crippen molar-refractivity contribution >= 4 is 10.8 Å². The summed E-state index contributed by atoms with van der Waals surface area (Å²) in [7, 11) is 3.15. The van der Waals surface area contributed by atoms with Crippen molar-refractivity contribution in [2.45, 2.75) is 13.8 Å². The summed E-state index contributed by atoms with van der Waals surface area (Å²) in [6.45, 7) is 4.01. The third kappa shape index (κ3) is 3.67. The summed E-state index contributed by atoms with van der Waals surface area (Å²) in [5, 5.41) is 1.80. The summed E-state index contributed by atoms with van der Waals surface area (Å²) in [5.74, 6) is 7.18. The number of hydrogen-bond acceptors (Lipinski definition) is 5. The van der Waals surface area contributed by atoms with Gasteiger partial charge in [0.25, 0.3) is 0 Å². The quantitative estimate of drug-likeness (QED) is 0.606. The molecule has 0 spiro atoms. The average molecular weight is 301 g/mol. The monoisotopic (exact) mass is 301 g/mol. The summed E-state index contributed by atoms with van der Waals surface area (Å²) in [5.41, 5.74) is 1.56. The van der Waals surface area contributed by atoms with Gasteiger partial charge in [-0.05, 0) is 37.3 Å². The zero-order valence-electron chi connectivity index (χ0n) is 13.2. The molecule has 22 heavy (non-hydrogen) atoms. The van der Waals surface area contributed by atoms with Gasteiger partial charge in [0.05, 0.1) is 5.39 Å². The zero-order chi connectivity index (χ0) is 15.9. The smallest absolute Gasteiger partial charge is 0.188 e. The highest BCUT2D eigenvalue weighted by molar-refractivity contribution is 5.93. The molecule has 0 aliphatic heterocycles. The Hall–Kier alpha value is -2.29. The molecule has 116 valence electrons. The Morgan fingerprint density at radius 2 is 1.77 bits per heavy atom. The lowest BCUT2D eigenvalue weighted by Crippen LogP contribution is -2.03. The van der Waals surface area contributed by atoms with Crippen LogP contribution in [-0.4, -0.2) is 32.8 Å². The van der Waals surface area contributed by atoms with Gasteiger partial charge >= 0.3 is 0 Å². The predicted molar refractivity (Wildman–Crippen MR) is 84.0 cm³/mol. The summed E-state index contributed by atoms with van der Waals surface area (Å²) in [4.78, 5) is 4.49. The minimum absolute atomic E-state index is 0.135. The molecule has 0 aliphatic carbocycles. The van der Waals surface area contributed by atoms with Crippen molar-refractivity contribution in [2.75, 3.05) is 27.8 Å². The number of aryl methyl sites for hydroxylation is 1. The highest BCUT2D eigenvalue weighted by Crippen LogP contribution is 2.33. The number of ether oxygens (including phenoxy) is 4. The van der Waals surface area contributed by atoms with Crippen LogP contribution >= 0.6 is 0 Å². The van der Waals surface area contributed by atoms with E-state index in [2.05, 4.69) is 16.8 Å². The largest absolute Gasteiger partial charge is 0.467 e. The lowest BCUT2D eigenvalue weighted by molar-refractivity contribution is 0.0468. The van der Waals surface area contributed by atoms with Crippen LogP contribution in [0.15, 0.2) is 18.2 Å². The van der Waals surface area contributed by atoms with E-state index in [0.717, 1.165) is 16.5 Å². The number of aromatic nitrogens is 1. The summed E-state index contributed by atoms with van der Waals surface area (Å²) in [6.07, 6.45) is 0. The van der Waals surface area contributed by atoms with Crippen LogP contribution in [0.2, 0.25) is 0 Å². The molecule has 0 unspecified atom stereocenters. The first kappa shape index (κ1) is 16.1. The lowest BCUT2D eigenvalue weighted by atomic mass is 10.1. The molecule has 1 aromatic heterocycles. The topological polar surface area (TPSA) is 49.8 Å². The molecular formula is C17H19NO4. The Labute approximate surface area is 130 Å². The fraction of sp³-hybridized carbons (Fsp3) is 0.353. The minimum atomic E-state index is 0.135. The van der Waals surface area contributed by atoms with Gasteiger partial charge in [-0.1, -0.05) is 5.92 Å². The van der Waals surface area contributed by atoms with E-state index in [1.165, 1.54) is 0 Å². The molecule has 0 radical (unpaired) electrons. The molecule has 5 nitrogen and oxygen atoms in total. The first-order valence-corrected chi connectivity index (χ1v) is 6.81. The van der Waals surface area contributed by atoms with Crippen LogP contribution in [0.3, 0.4) is 0 Å². The van der Waals surface area contributed by atoms with Crippen LogP contribution in [0.4, 0.5) is 0 Å².